The van der Waals surface area contributed by atoms with Crippen LogP contribution in [0.2, 0.25) is 0 Å². The second-order valence-corrected chi connectivity index (χ2v) is 4.68. The molecule has 22 heavy (non-hydrogen) atoms. The number of hydrogen-bond acceptors (Lipinski definition) is 5. The van der Waals surface area contributed by atoms with Crippen LogP contribution in [0.3, 0.4) is 0 Å². The Hall–Kier alpha value is -2.96. The molecule has 0 spiro atoms. The molecule has 0 unspecified atom stereocenters. The minimum atomic E-state index is -0.763. The third kappa shape index (κ3) is 3.38. The first-order valence-electron chi connectivity index (χ1n) is 6.39. The van der Waals surface area contributed by atoms with Crippen molar-refractivity contribution in [1.29, 1.82) is 0 Å². The van der Waals surface area contributed by atoms with E-state index in [4.69, 9.17) is 5.11 Å². The number of ketones is 1. The number of phenols is 1. The Morgan fingerprint density at radius 2 is 2.05 bits per heavy atom. The third-order valence-corrected chi connectivity index (χ3v) is 3.10. The Labute approximate surface area is 125 Å². The summed E-state index contributed by atoms with van der Waals surface area (Å²) in [6.07, 6.45) is 0. The molecule has 0 atom stereocenters. The van der Waals surface area contributed by atoms with Gasteiger partial charge in [0.1, 0.15) is 5.69 Å². The number of anilines is 1. The van der Waals surface area contributed by atoms with Crippen molar-refractivity contribution in [1.82, 2.24) is 0 Å². The topological polar surface area (TPSA) is 92.5 Å². The number of Topliss-reactive ketones (excluding diaryl/α,β-unsaturated/α-hetero) is 1. The molecule has 6 nitrogen and oxygen atoms in total. The summed E-state index contributed by atoms with van der Waals surface area (Å²) in [5.41, 5.74) is 0.753. The molecule has 2 aromatic carbocycles. The van der Waals surface area contributed by atoms with Crippen LogP contribution in [0, 0.1) is 15.9 Å². The maximum atomic E-state index is 13.2. The lowest BCUT2D eigenvalue weighted by atomic mass is 10.1. The van der Waals surface area contributed by atoms with Crippen LogP contribution in [-0.2, 0) is 6.54 Å². The van der Waals surface area contributed by atoms with Crippen molar-refractivity contribution < 1.29 is 19.2 Å². The second-order valence-electron chi connectivity index (χ2n) is 4.68. The molecule has 0 aliphatic rings. The van der Waals surface area contributed by atoms with E-state index in [0.717, 1.165) is 6.07 Å². The average Bonchev–Trinajstić information content (AvgIpc) is 2.48. The molecule has 0 heterocycles. The fraction of sp³-hybridized carbons (Fsp3) is 0.133. The van der Waals surface area contributed by atoms with Crippen LogP contribution in [0.4, 0.5) is 15.8 Å². The lowest BCUT2D eigenvalue weighted by Crippen LogP contribution is -2.04. The van der Waals surface area contributed by atoms with Crippen LogP contribution in [0.1, 0.15) is 22.8 Å². The van der Waals surface area contributed by atoms with E-state index >= 15 is 0 Å². The molecule has 114 valence electrons. The number of nitro benzene ring substituents is 1. The summed E-state index contributed by atoms with van der Waals surface area (Å²) >= 11 is 0. The molecule has 0 aliphatic carbocycles. The van der Waals surface area contributed by atoms with E-state index in [2.05, 4.69) is 5.32 Å². The van der Waals surface area contributed by atoms with E-state index in [1.54, 1.807) is 0 Å². The third-order valence-electron chi connectivity index (χ3n) is 3.10. The Bertz CT molecular complexity index is 746. The minimum absolute atomic E-state index is 0.136. The van der Waals surface area contributed by atoms with Crippen LogP contribution >= 0.6 is 0 Å². The normalized spacial score (nSPS) is 10.3. The molecule has 2 rings (SSSR count). The highest BCUT2D eigenvalue weighted by molar-refractivity contribution is 5.95. The van der Waals surface area contributed by atoms with Gasteiger partial charge in [0.15, 0.2) is 17.3 Å². The van der Waals surface area contributed by atoms with Gasteiger partial charge in [0.2, 0.25) is 0 Å². The molecule has 0 amide bonds. The largest absolute Gasteiger partial charge is 0.505 e. The lowest BCUT2D eigenvalue weighted by molar-refractivity contribution is -0.384. The number of aromatic hydroxyl groups is 1. The van der Waals surface area contributed by atoms with E-state index in [-0.39, 0.29) is 29.3 Å². The van der Waals surface area contributed by atoms with E-state index < -0.39 is 16.5 Å². The van der Waals surface area contributed by atoms with E-state index in [0.29, 0.717) is 5.56 Å². The smallest absolute Gasteiger partial charge is 0.293 e. The van der Waals surface area contributed by atoms with E-state index in [9.17, 15) is 19.3 Å². The van der Waals surface area contributed by atoms with Crippen LogP contribution in [0.25, 0.3) is 0 Å². The summed E-state index contributed by atoms with van der Waals surface area (Å²) in [5, 5.41) is 23.0. The molecule has 0 bridgehead atoms. The first kappa shape index (κ1) is 15.4. The summed E-state index contributed by atoms with van der Waals surface area (Å²) in [5.74, 6) is -1.49. The summed E-state index contributed by atoms with van der Waals surface area (Å²) in [6, 6.07) is 7.96. The predicted octanol–water partition coefficient (Wildman–Crippen LogP) is 3.25. The molecular formula is C15H13FN2O4. The molecular weight excluding hydrogens is 291 g/mol. The number of nitro groups is 1. The van der Waals surface area contributed by atoms with Crippen molar-refractivity contribution in [3.8, 4) is 5.75 Å². The maximum Gasteiger partial charge on any atom is 0.293 e. The van der Waals surface area contributed by atoms with Crippen LogP contribution in [0.15, 0.2) is 36.4 Å². The molecule has 0 radical (unpaired) electrons. The van der Waals surface area contributed by atoms with Gasteiger partial charge in [-0.05, 0) is 36.8 Å². The first-order chi connectivity index (χ1) is 10.4. The van der Waals surface area contributed by atoms with Gasteiger partial charge >= 0.3 is 0 Å². The molecule has 2 N–H and O–H groups in total. The zero-order valence-corrected chi connectivity index (χ0v) is 11.7. The van der Waals surface area contributed by atoms with Gasteiger partial charge in [-0.1, -0.05) is 6.07 Å². The minimum Gasteiger partial charge on any atom is -0.505 e. The van der Waals surface area contributed by atoms with Crippen molar-refractivity contribution in [2.45, 2.75) is 13.5 Å². The first-order valence-corrected chi connectivity index (χ1v) is 6.39. The number of nitrogens with one attached hydrogen (secondary N) is 1. The van der Waals surface area contributed by atoms with Crippen LogP contribution < -0.4 is 5.32 Å². The van der Waals surface area contributed by atoms with Gasteiger partial charge < -0.3 is 10.4 Å². The SMILES string of the molecule is CC(=O)c1ccc(NCc2ccc(O)c(F)c2)c([N+](=O)[O-])c1. The van der Waals surface area contributed by atoms with Crippen molar-refractivity contribution >= 4 is 17.2 Å². The van der Waals surface area contributed by atoms with Gasteiger partial charge in [-0.15, -0.1) is 0 Å². The fourth-order valence-electron chi connectivity index (χ4n) is 1.91. The number of nitrogens with zero attached hydrogens (tertiary/aromatic N) is 1. The molecule has 0 saturated heterocycles. The Morgan fingerprint density at radius 1 is 1.32 bits per heavy atom. The molecule has 7 heteroatoms. The highest BCUT2D eigenvalue weighted by atomic mass is 19.1. The van der Waals surface area contributed by atoms with Gasteiger partial charge in [-0.25, -0.2) is 4.39 Å². The number of phenolic OH excluding ortho intramolecular Hbond substituents is 1. The Balaban J connectivity index is 2.23. The van der Waals surface area contributed by atoms with Gasteiger partial charge in [0.25, 0.3) is 5.69 Å². The standard InChI is InChI=1S/C15H13FN2O4/c1-9(19)11-3-4-13(14(7-11)18(21)22)17-8-10-2-5-15(20)12(16)6-10/h2-7,17,20H,8H2,1H3. The number of carbonyl (C=O) groups is 1. The summed E-state index contributed by atoms with van der Waals surface area (Å²) in [6.45, 7) is 1.46. The van der Waals surface area contributed by atoms with Gasteiger partial charge in [0.05, 0.1) is 4.92 Å². The molecule has 0 fully saturated rings. The zero-order valence-electron chi connectivity index (χ0n) is 11.7. The van der Waals surface area contributed by atoms with Crippen molar-refractivity contribution in [3.05, 3.63) is 63.5 Å². The highest BCUT2D eigenvalue weighted by Gasteiger charge is 2.16. The van der Waals surface area contributed by atoms with Crippen molar-refractivity contribution in [2.24, 2.45) is 0 Å². The second kappa shape index (κ2) is 6.21. The molecule has 2 aromatic rings. The van der Waals surface area contributed by atoms with Crippen molar-refractivity contribution in [2.75, 3.05) is 5.32 Å². The predicted molar refractivity (Wildman–Crippen MR) is 78.5 cm³/mol. The maximum absolute atomic E-state index is 13.2. The average molecular weight is 304 g/mol. The fourth-order valence-corrected chi connectivity index (χ4v) is 1.91. The quantitative estimate of drug-likeness (QED) is 0.502. The highest BCUT2D eigenvalue weighted by Crippen LogP contribution is 2.26. The Morgan fingerprint density at radius 3 is 2.64 bits per heavy atom. The zero-order chi connectivity index (χ0) is 16.3. The van der Waals surface area contributed by atoms with E-state index in [1.807, 2.05) is 0 Å². The summed E-state index contributed by atoms with van der Waals surface area (Å²) in [7, 11) is 0. The van der Waals surface area contributed by atoms with E-state index in [1.165, 1.54) is 37.3 Å². The lowest BCUT2D eigenvalue weighted by Gasteiger charge is -2.08. The summed E-state index contributed by atoms with van der Waals surface area (Å²) < 4.78 is 13.2. The number of benzene rings is 2. The van der Waals surface area contributed by atoms with Crippen LogP contribution in [-0.4, -0.2) is 15.8 Å². The number of rotatable bonds is 5. The van der Waals surface area contributed by atoms with Gasteiger partial charge in [0, 0.05) is 18.2 Å². The van der Waals surface area contributed by atoms with Crippen molar-refractivity contribution in [3.63, 3.8) is 0 Å². The molecule has 0 aliphatic heterocycles. The number of hydrogen-bond donors (Lipinski definition) is 2. The van der Waals surface area contributed by atoms with Gasteiger partial charge in [-0.3, -0.25) is 14.9 Å². The number of halogens is 1. The van der Waals surface area contributed by atoms with Gasteiger partial charge in [-0.2, -0.15) is 0 Å². The summed E-state index contributed by atoms with van der Waals surface area (Å²) in [4.78, 5) is 21.7. The Kier molecular flexibility index (Phi) is 4.36. The molecule has 0 saturated carbocycles. The number of carbonyl (C=O) groups excluding carboxylic acids is 1. The monoisotopic (exact) mass is 304 g/mol. The van der Waals surface area contributed by atoms with Crippen LogP contribution in [0.5, 0.6) is 5.75 Å². The molecule has 0 aromatic heterocycles.